The number of nitrogens with two attached hydrogens (primary N) is 1. The summed E-state index contributed by atoms with van der Waals surface area (Å²) in [4.78, 5) is 38.9. The smallest absolute Gasteiger partial charge is 0.254 e. The van der Waals surface area contributed by atoms with E-state index < -0.39 is 5.60 Å². The van der Waals surface area contributed by atoms with E-state index in [1.807, 2.05) is 37.1 Å². The van der Waals surface area contributed by atoms with Crippen LogP contribution < -0.4 is 15.8 Å². The topological polar surface area (TPSA) is 130 Å². The van der Waals surface area contributed by atoms with Gasteiger partial charge in [-0.2, -0.15) is 0 Å². The van der Waals surface area contributed by atoms with Gasteiger partial charge >= 0.3 is 0 Å². The predicted molar refractivity (Wildman–Crippen MR) is 177 cm³/mol. The van der Waals surface area contributed by atoms with Gasteiger partial charge in [0.25, 0.3) is 11.8 Å². The number of hydrogen-bond acceptors (Lipinski definition) is 7. The number of amides is 2. The summed E-state index contributed by atoms with van der Waals surface area (Å²) >= 11 is 0. The third-order valence-electron chi connectivity index (χ3n) is 10.5. The molecule has 0 unspecified atom stereocenters. The Morgan fingerprint density at radius 2 is 1.89 bits per heavy atom. The van der Waals surface area contributed by atoms with Crippen LogP contribution in [-0.2, 0) is 23.1 Å². The van der Waals surface area contributed by atoms with Gasteiger partial charge in [-0.15, -0.1) is 0 Å². The molecule has 3 aromatic heterocycles. The van der Waals surface area contributed by atoms with Crippen molar-refractivity contribution in [2.75, 3.05) is 20.8 Å². The summed E-state index contributed by atoms with van der Waals surface area (Å²) in [5.41, 5.74) is 10.2. The van der Waals surface area contributed by atoms with Crippen LogP contribution in [0.25, 0.3) is 33.6 Å². The van der Waals surface area contributed by atoms with Crippen LogP contribution in [-0.4, -0.2) is 74.3 Å². The average molecular weight is 628 g/mol. The van der Waals surface area contributed by atoms with E-state index in [2.05, 4.69) is 26.6 Å². The number of carbonyl (C=O) groups excluding carboxylic acids is 2. The molecule has 1 aromatic carbocycles. The first-order valence-corrected chi connectivity index (χ1v) is 16.5. The van der Waals surface area contributed by atoms with Crippen molar-refractivity contribution in [1.29, 1.82) is 0 Å². The minimum atomic E-state index is -0.941. The minimum absolute atomic E-state index is 0.0112. The number of benzene rings is 1. The minimum Gasteiger partial charge on any atom is -0.494 e. The molecule has 2 bridgehead atoms. The average Bonchev–Trinajstić information content (AvgIpc) is 3.51. The van der Waals surface area contributed by atoms with Crippen molar-refractivity contribution in [3.8, 4) is 17.3 Å². The normalized spacial score (nSPS) is 22.1. The SMILES string of the molecule is COc1cc(C(=O)N2C[C@H](N)[C@@H]3CC[C@H]2C3)cc2nc(-c3cc4ccc([C@@H](C)NC(=O)C(C)(C)OC)nc4n3CC3CC3)n(C)c12. The molecule has 3 N–H and O–H groups in total. The van der Waals surface area contributed by atoms with Crippen LogP contribution >= 0.6 is 0 Å². The van der Waals surface area contributed by atoms with E-state index >= 15 is 0 Å². The van der Waals surface area contributed by atoms with E-state index in [0.717, 1.165) is 59.6 Å². The Bertz CT molecular complexity index is 1840. The number of aromatic nitrogens is 4. The third-order valence-corrected chi connectivity index (χ3v) is 10.5. The fourth-order valence-corrected chi connectivity index (χ4v) is 7.27. The quantitative estimate of drug-likeness (QED) is 0.278. The molecule has 0 spiro atoms. The number of nitrogens with zero attached hydrogens (tertiary/aromatic N) is 5. The van der Waals surface area contributed by atoms with Gasteiger partial charge in [-0.1, -0.05) is 0 Å². The Labute approximate surface area is 269 Å². The van der Waals surface area contributed by atoms with Gasteiger partial charge in [0.15, 0.2) is 5.82 Å². The van der Waals surface area contributed by atoms with Crippen molar-refractivity contribution in [1.82, 2.24) is 29.3 Å². The summed E-state index contributed by atoms with van der Waals surface area (Å²) in [7, 11) is 5.16. The number of aryl methyl sites for hydroxylation is 1. The standard InChI is InChI=1S/C35H45N7O4/c1-19(37-34(44)35(2,3)46-6)26-12-10-22-15-28(42(31(22)38-26)17-20-7-8-20)32-39-27-14-23(16-29(45-5)30(27)40(32)4)33(43)41-18-25(36)21-9-11-24(41)13-21/h10,12,14-16,19-21,24-25H,7-9,11,13,17-18,36H2,1-6H3,(H,37,44)/t19-,21-,24+,25+/m1/s1. The highest BCUT2D eigenvalue weighted by molar-refractivity contribution is 6.00. The fraction of sp³-hybridized carbons (Fsp3) is 0.543. The zero-order chi connectivity index (χ0) is 32.5. The lowest BCUT2D eigenvalue weighted by molar-refractivity contribution is -0.140. The summed E-state index contributed by atoms with van der Waals surface area (Å²) in [5.74, 6) is 2.28. The van der Waals surface area contributed by atoms with Crippen LogP contribution in [0.15, 0.2) is 30.3 Å². The molecular formula is C35H45N7O4. The maximum atomic E-state index is 13.9. The molecule has 244 valence electrons. The fourth-order valence-electron chi connectivity index (χ4n) is 7.27. The van der Waals surface area contributed by atoms with Gasteiger partial charge in [-0.25, -0.2) is 9.97 Å². The van der Waals surface area contributed by atoms with Crippen LogP contribution in [0.4, 0.5) is 0 Å². The Balaban J connectivity index is 1.28. The molecule has 11 heteroatoms. The predicted octanol–water partition coefficient (Wildman–Crippen LogP) is 4.56. The molecule has 4 atom stereocenters. The number of methoxy groups -OCH3 is 2. The lowest BCUT2D eigenvalue weighted by Gasteiger charge is -2.37. The second-order valence-electron chi connectivity index (χ2n) is 14.0. The first-order valence-electron chi connectivity index (χ1n) is 16.5. The van der Waals surface area contributed by atoms with Gasteiger partial charge in [-0.3, -0.25) is 9.59 Å². The van der Waals surface area contributed by atoms with Crippen molar-refractivity contribution >= 4 is 33.9 Å². The van der Waals surface area contributed by atoms with E-state index in [9.17, 15) is 9.59 Å². The van der Waals surface area contributed by atoms with Crippen molar-refractivity contribution in [2.45, 2.75) is 83.1 Å². The Hall–Kier alpha value is -3.96. The molecule has 11 nitrogen and oxygen atoms in total. The Morgan fingerprint density at radius 1 is 1.11 bits per heavy atom. The van der Waals surface area contributed by atoms with Gasteiger partial charge in [0.05, 0.1) is 30.1 Å². The molecule has 7 rings (SSSR count). The molecule has 3 fully saturated rings. The number of imidazole rings is 1. The number of carbonyl (C=O) groups is 2. The molecule has 46 heavy (non-hydrogen) atoms. The number of likely N-dealkylation sites (tertiary alicyclic amines) is 1. The zero-order valence-electron chi connectivity index (χ0n) is 27.7. The van der Waals surface area contributed by atoms with E-state index in [4.69, 9.17) is 25.2 Å². The lowest BCUT2D eigenvalue weighted by atomic mass is 9.94. The maximum Gasteiger partial charge on any atom is 0.254 e. The van der Waals surface area contributed by atoms with Crippen LogP contribution in [0.2, 0.25) is 0 Å². The number of nitrogens with one attached hydrogen (secondary N) is 1. The summed E-state index contributed by atoms with van der Waals surface area (Å²) in [6.07, 6.45) is 5.45. The van der Waals surface area contributed by atoms with Gasteiger partial charge in [0, 0.05) is 50.3 Å². The van der Waals surface area contributed by atoms with Crippen molar-refractivity contribution in [3.05, 3.63) is 41.6 Å². The van der Waals surface area contributed by atoms with Crippen LogP contribution in [0.3, 0.4) is 0 Å². The van der Waals surface area contributed by atoms with Gasteiger partial charge in [0.2, 0.25) is 0 Å². The van der Waals surface area contributed by atoms with Gasteiger partial charge in [0.1, 0.15) is 22.5 Å². The van der Waals surface area contributed by atoms with E-state index in [-0.39, 0.29) is 29.9 Å². The highest BCUT2D eigenvalue weighted by Gasteiger charge is 2.41. The molecule has 2 saturated carbocycles. The van der Waals surface area contributed by atoms with Crippen LogP contribution in [0.1, 0.15) is 75.0 Å². The number of rotatable bonds is 9. The van der Waals surface area contributed by atoms with Crippen molar-refractivity contribution in [3.63, 3.8) is 0 Å². The highest BCUT2D eigenvalue weighted by atomic mass is 16.5. The maximum absolute atomic E-state index is 13.9. The molecule has 1 aliphatic heterocycles. The van der Waals surface area contributed by atoms with Crippen LogP contribution in [0.5, 0.6) is 5.75 Å². The third kappa shape index (κ3) is 5.23. The van der Waals surface area contributed by atoms with Gasteiger partial charge < -0.3 is 34.6 Å². The Morgan fingerprint density at radius 3 is 2.61 bits per heavy atom. The molecule has 4 heterocycles. The Kier molecular flexibility index (Phi) is 7.59. The largest absolute Gasteiger partial charge is 0.494 e. The number of piperidine rings is 1. The zero-order valence-corrected chi connectivity index (χ0v) is 27.7. The number of fused-ring (bicyclic) bond motifs is 4. The first kappa shape index (κ1) is 30.7. The number of hydrogen-bond donors (Lipinski definition) is 2. The van der Waals surface area contributed by atoms with Crippen LogP contribution in [0, 0.1) is 11.8 Å². The van der Waals surface area contributed by atoms with Crippen molar-refractivity contribution in [2.24, 2.45) is 24.6 Å². The molecule has 1 saturated heterocycles. The summed E-state index contributed by atoms with van der Waals surface area (Å²) in [6.45, 7) is 6.84. The van der Waals surface area contributed by atoms with Gasteiger partial charge in [-0.05, 0) is 95.0 Å². The van der Waals surface area contributed by atoms with E-state index in [1.54, 1.807) is 21.0 Å². The molecule has 3 aliphatic rings. The molecule has 2 amide bonds. The van der Waals surface area contributed by atoms with E-state index in [0.29, 0.717) is 35.2 Å². The highest BCUT2D eigenvalue weighted by Crippen LogP contribution is 2.40. The summed E-state index contributed by atoms with van der Waals surface area (Å²) in [5, 5.41) is 4.05. The number of ether oxygens (including phenoxy) is 2. The van der Waals surface area contributed by atoms with Crippen molar-refractivity contribution < 1.29 is 19.1 Å². The van der Waals surface area contributed by atoms with E-state index in [1.165, 1.54) is 20.0 Å². The molecule has 2 aliphatic carbocycles. The lowest BCUT2D eigenvalue weighted by Crippen LogP contribution is -2.51. The summed E-state index contributed by atoms with van der Waals surface area (Å²) in [6, 6.07) is 9.86. The first-order chi connectivity index (χ1) is 22.0. The molecule has 0 radical (unpaired) electrons. The summed E-state index contributed by atoms with van der Waals surface area (Å²) < 4.78 is 15.5. The second-order valence-corrected chi connectivity index (χ2v) is 14.0. The second kappa shape index (κ2) is 11.4. The molecule has 4 aromatic rings. The number of pyridine rings is 1. The molecular weight excluding hydrogens is 582 g/mol. The monoisotopic (exact) mass is 627 g/mol.